The molecule has 0 bridgehead atoms. The number of aromatic nitrogens is 1. The van der Waals surface area contributed by atoms with Gasteiger partial charge in [0.2, 0.25) is 0 Å². The van der Waals surface area contributed by atoms with Crippen molar-refractivity contribution in [2.75, 3.05) is 25.6 Å². The number of pyridine rings is 1. The van der Waals surface area contributed by atoms with Gasteiger partial charge in [-0.25, -0.2) is 4.98 Å². The Hall–Kier alpha value is -1.05. The van der Waals surface area contributed by atoms with Gasteiger partial charge in [0.15, 0.2) is 0 Å². The molecule has 0 aromatic carbocycles. The van der Waals surface area contributed by atoms with Gasteiger partial charge in [0.05, 0.1) is 23.3 Å². The number of aliphatic hydroxyl groups excluding tert-OH is 1. The molecule has 8 heteroatoms. The predicted molar refractivity (Wildman–Crippen MR) is 65.2 cm³/mol. The van der Waals surface area contributed by atoms with Gasteiger partial charge in [0.1, 0.15) is 5.82 Å². The number of aliphatic hydroxyl groups is 1. The number of alkyl halides is 3. The lowest BCUT2D eigenvalue weighted by Crippen LogP contribution is -2.18. The van der Waals surface area contributed by atoms with Crippen LogP contribution in [0.1, 0.15) is 12.0 Å². The van der Waals surface area contributed by atoms with Gasteiger partial charge in [-0.05, 0) is 12.5 Å². The van der Waals surface area contributed by atoms with Crippen molar-refractivity contribution in [3.8, 4) is 0 Å². The number of methoxy groups -OCH3 is 1. The number of nitrogens with one attached hydrogen (secondary N) is 1. The molecule has 108 valence electrons. The number of nitrogens with zero attached hydrogens (tertiary/aromatic N) is 1. The molecule has 1 unspecified atom stereocenters. The van der Waals surface area contributed by atoms with Gasteiger partial charge in [-0.3, -0.25) is 0 Å². The zero-order valence-corrected chi connectivity index (χ0v) is 10.9. The fourth-order valence-electron chi connectivity index (χ4n) is 1.36. The molecule has 0 aliphatic carbocycles. The summed E-state index contributed by atoms with van der Waals surface area (Å²) in [6, 6.07) is 0.808. The maximum Gasteiger partial charge on any atom is 0.417 e. The van der Waals surface area contributed by atoms with E-state index in [-0.39, 0.29) is 17.4 Å². The van der Waals surface area contributed by atoms with E-state index in [2.05, 4.69) is 10.3 Å². The van der Waals surface area contributed by atoms with Gasteiger partial charge in [-0.15, -0.1) is 0 Å². The third kappa shape index (κ3) is 5.22. The van der Waals surface area contributed by atoms with Gasteiger partial charge in [0.25, 0.3) is 0 Å². The van der Waals surface area contributed by atoms with Crippen molar-refractivity contribution in [2.45, 2.75) is 18.7 Å². The van der Waals surface area contributed by atoms with E-state index in [1.807, 2.05) is 0 Å². The molecule has 19 heavy (non-hydrogen) atoms. The van der Waals surface area contributed by atoms with E-state index in [1.165, 1.54) is 7.11 Å². The maximum absolute atomic E-state index is 12.4. The van der Waals surface area contributed by atoms with Crippen molar-refractivity contribution < 1.29 is 23.0 Å². The summed E-state index contributed by atoms with van der Waals surface area (Å²) in [6.45, 7) is 0.512. The third-order valence-corrected chi connectivity index (χ3v) is 2.59. The molecule has 0 spiro atoms. The molecule has 2 N–H and O–H groups in total. The van der Waals surface area contributed by atoms with Crippen molar-refractivity contribution in [2.24, 2.45) is 0 Å². The molecular weight excluding hydrogens is 285 g/mol. The Balaban J connectivity index is 2.56. The minimum atomic E-state index is -4.47. The molecule has 0 saturated heterocycles. The topological polar surface area (TPSA) is 54.4 Å². The minimum Gasteiger partial charge on any atom is -0.391 e. The first kappa shape index (κ1) is 16.0. The summed E-state index contributed by atoms with van der Waals surface area (Å²) in [5.41, 5.74) is -0.900. The van der Waals surface area contributed by atoms with Gasteiger partial charge < -0.3 is 15.2 Å². The van der Waals surface area contributed by atoms with Gasteiger partial charge >= 0.3 is 6.18 Å². The predicted octanol–water partition coefficient (Wildman–Crippen LogP) is 2.56. The Morgan fingerprint density at radius 1 is 1.53 bits per heavy atom. The average Bonchev–Trinajstić information content (AvgIpc) is 2.30. The molecule has 0 radical (unpaired) electrons. The van der Waals surface area contributed by atoms with Crippen LogP contribution >= 0.6 is 11.6 Å². The summed E-state index contributed by atoms with van der Waals surface area (Å²) in [6.07, 6.45) is -4.04. The van der Waals surface area contributed by atoms with Crippen molar-refractivity contribution in [1.29, 1.82) is 0 Å². The molecule has 0 aliphatic heterocycles. The smallest absolute Gasteiger partial charge is 0.391 e. The molecule has 4 nitrogen and oxygen atoms in total. The summed E-state index contributed by atoms with van der Waals surface area (Å²) >= 11 is 5.70. The number of ether oxygens (including phenoxy) is 1. The second-order valence-electron chi connectivity index (χ2n) is 3.88. The zero-order valence-electron chi connectivity index (χ0n) is 10.2. The van der Waals surface area contributed by atoms with E-state index >= 15 is 0 Å². The first-order chi connectivity index (χ1) is 8.84. The number of halogens is 4. The zero-order chi connectivity index (χ0) is 14.5. The molecule has 1 atom stereocenters. The van der Waals surface area contributed by atoms with Crippen molar-refractivity contribution in [1.82, 2.24) is 4.98 Å². The van der Waals surface area contributed by atoms with E-state index in [4.69, 9.17) is 16.3 Å². The molecule has 0 saturated carbocycles. The van der Waals surface area contributed by atoms with Crippen molar-refractivity contribution >= 4 is 17.4 Å². The molecule has 1 aromatic rings. The van der Waals surface area contributed by atoms with Crippen LogP contribution in [0, 0.1) is 0 Å². The average molecular weight is 299 g/mol. The highest BCUT2D eigenvalue weighted by Crippen LogP contribution is 2.32. The van der Waals surface area contributed by atoms with Crippen LogP contribution in [0.5, 0.6) is 0 Å². The van der Waals surface area contributed by atoms with Crippen LogP contribution in [0.3, 0.4) is 0 Å². The Morgan fingerprint density at radius 2 is 2.21 bits per heavy atom. The summed E-state index contributed by atoms with van der Waals surface area (Å²) in [5.74, 6) is 0.152. The standard InChI is InChI=1S/C11H14ClF3N2O2/c1-19-6-8(18)2-3-16-10-9(12)4-7(5-17-10)11(13,14)15/h4-5,8,18H,2-3,6H2,1H3,(H,16,17). The van der Waals surface area contributed by atoms with E-state index in [1.54, 1.807) is 0 Å². The number of rotatable bonds is 6. The van der Waals surface area contributed by atoms with Crippen LogP contribution in [-0.2, 0) is 10.9 Å². The maximum atomic E-state index is 12.4. The van der Waals surface area contributed by atoms with Crippen LogP contribution in [0.2, 0.25) is 5.02 Å². The van der Waals surface area contributed by atoms with Gasteiger partial charge in [-0.1, -0.05) is 11.6 Å². The van der Waals surface area contributed by atoms with Crippen LogP contribution in [0.4, 0.5) is 19.0 Å². The molecule has 0 aliphatic rings. The summed E-state index contributed by atoms with van der Waals surface area (Å²) < 4.78 is 41.9. The Labute approximate surface area is 113 Å². The highest BCUT2D eigenvalue weighted by atomic mass is 35.5. The fraction of sp³-hybridized carbons (Fsp3) is 0.545. The second-order valence-corrected chi connectivity index (χ2v) is 4.28. The lowest BCUT2D eigenvalue weighted by molar-refractivity contribution is -0.137. The molecule has 1 aromatic heterocycles. The number of hydrogen-bond donors (Lipinski definition) is 2. The quantitative estimate of drug-likeness (QED) is 0.847. The van der Waals surface area contributed by atoms with E-state index in [0.717, 1.165) is 6.07 Å². The molecule has 0 fully saturated rings. The van der Waals surface area contributed by atoms with Crippen molar-refractivity contribution in [3.05, 3.63) is 22.8 Å². The molecule has 1 heterocycles. The third-order valence-electron chi connectivity index (χ3n) is 2.30. The van der Waals surface area contributed by atoms with Crippen molar-refractivity contribution in [3.63, 3.8) is 0 Å². The molecule has 1 rings (SSSR count). The fourth-order valence-corrected chi connectivity index (χ4v) is 1.59. The largest absolute Gasteiger partial charge is 0.417 e. The summed E-state index contributed by atoms with van der Waals surface area (Å²) in [7, 11) is 1.46. The van der Waals surface area contributed by atoms with Crippen LogP contribution in [-0.4, -0.2) is 36.5 Å². The monoisotopic (exact) mass is 298 g/mol. The van der Waals surface area contributed by atoms with Gasteiger partial charge in [0, 0.05) is 19.9 Å². The summed E-state index contributed by atoms with van der Waals surface area (Å²) in [4.78, 5) is 3.61. The number of anilines is 1. The summed E-state index contributed by atoms with van der Waals surface area (Å²) in [5, 5.41) is 12.0. The normalized spacial score (nSPS) is 13.4. The highest BCUT2D eigenvalue weighted by Gasteiger charge is 2.31. The van der Waals surface area contributed by atoms with Gasteiger partial charge in [-0.2, -0.15) is 13.2 Å². The lowest BCUT2D eigenvalue weighted by Gasteiger charge is -2.12. The van der Waals surface area contributed by atoms with Crippen LogP contribution < -0.4 is 5.32 Å². The Kier molecular flexibility index (Phi) is 5.84. The lowest BCUT2D eigenvalue weighted by atomic mass is 10.2. The van der Waals surface area contributed by atoms with Crippen LogP contribution in [0.25, 0.3) is 0 Å². The Morgan fingerprint density at radius 3 is 2.74 bits per heavy atom. The minimum absolute atomic E-state index is 0.115. The van der Waals surface area contributed by atoms with Crippen LogP contribution in [0.15, 0.2) is 12.3 Å². The first-order valence-corrected chi connectivity index (χ1v) is 5.86. The highest BCUT2D eigenvalue weighted by molar-refractivity contribution is 6.32. The molecular formula is C11H14ClF3N2O2. The second kappa shape index (κ2) is 6.93. The van der Waals surface area contributed by atoms with E-state index in [9.17, 15) is 18.3 Å². The van der Waals surface area contributed by atoms with E-state index < -0.39 is 17.8 Å². The first-order valence-electron chi connectivity index (χ1n) is 5.48. The number of hydrogen-bond acceptors (Lipinski definition) is 4. The Bertz CT molecular complexity index is 415. The SMILES string of the molecule is COCC(O)CCNc1ncc(C(F)(F)F)cc1Cl. The molecule has 0 amide bonds. The van der Waals surface area contributed by atoms with E-state index in [0.29, 0.717) is 19.2 Å².